The molecule has 2 amide bonds. The van der Waals surface area contributed by atoms with E-state index < -0.39 is 0 Å². The smallest absolute Gasteiger partial charge is 0.324 e. The summed E-state index contributed by atoms with van der Waals surface area (Å²) in [4.78, 5) is 29.3. The number of amides is 2. The van der Waals surface area contributed by atoms with E-state index in [2.05, 4.69) is 20.3 Å². The number of rotatable bonds is 4. The van der Waals surface area contributed by atoms with Gasteiger partial charge in [0.1, 0.15) is 12.1 Å². The van der Waals surface area contributed by atoms with Crippen LogP contribution in [0.4, 0.5) is 16.3 Å². The molecule has 1 aliphatic heterocycles. The number of fused-ring (bicyclic) bond motifs is 1. The summed E-state index contributed by atoms with van der Waals surface area (Å²) in [5.41, 5.74) is 3.70. The third-order valence-corrected chi connectivity index (χ3v) is 4.55. The normalized spacial score (nSPS) is 13.9. The van der Waals surface area contributed by atoms with Crippen LogP contribution in [0.1, 0.15) is 16.8 Å². The summed E-state index contributed by atoms with van der Waals surface area (Å²) in [6.07, 6.45) is 5.11. The zero-order chi connectivity index (χ0) is 18.6. The minimum Gasteiger partial charge on any atom is -0.366 e. The van der Waals surface area contributed by atoms with Gasteiger partial charge in [0.2, 0.25) is 0 Å². The van der Waals surface area contributed by atoms with Crippen molar-refractivity contribution in [3.8, 4) is 0 Å². The summed E-state index contributed by atoms with van der Waals surface area (Å²) in [7, 11) is 1.79. The van der Waals surface area contributed by atoms with E-state index in [9.17, 15) is 4.79 Å². The molecule has 136 valence electrons. The quantitative estimate of drug-likeness (QED) is 0.774. The SMILES string of the molecule is CN1Cc2ncnc(NCc3cccnc3)c2CN(c2ccccc2)C1=O. The molecule has 1 aliphatic rings. The molecule has 27 heavy (non-hydrogen) atoms. The lowest BCUT2D eigenvalue weighted by atomic mass is 10.1. The third-order valence-electron chi connectivity index (χ3n) is 4.55. The lowest BCUT2D eigenvalue weighted by Gasteiger charge is -2.25. The Bertz CT molecular complexity index is 932. The van der Waals surface area contributed by atoms with E-state index >= 15 is 0 Å². The first-order chi connectivity index (χ1) is 13.2. The standard InChI is InChI=1S/C20H20N6O/c1-25-13-18-17(12-26(20(25)27)16-7-3-2-4-8-16)19(24-14-23-18)22-11-15-6-5-9-21-10-15/h2-10,14H,11-13H2,1H3,(H,22,23,24). The summed E-state index contributed by atoms with van der Waals surface area (Å²) in [5.74, 6) is 0.743. The fourth-order valence-corrected chi connectivity index (χ4v) is 3.13. The topological polar surface area (TPSA) is 74.2 Å². The highest BCUT2D eigenvalue weighted by atomic mass is 16.2. The van der Waals surface area contributed by atoms with Crippen molar-refractivity contribution in [2.75, 3.05) is 17.3 Å². The molecular formula is C20H20N6O. The number of urea groups is 1. The zero-order valence-corrected chi connectivity index (χ0v) is 15.0. The molecule has 0 saturated heterocycles. The van der Waals surface area contributed by atoms with Gasteiger partial charge in [-0.1, -0.05) is 24.3 Å². The molecule has 0 unspecified atom stereocenters. The summed E-state index contributed by atoms with van der Waals surface area (Å²) in [6.45, 7) is 1.47. The molecular weight excluding hydrogens is 340 g/mol. The van der Waals surface area contributed by atoms with Gasteiger partial charge in [0.05, 0.1) is 18.8 Å². The van der Waals surface area contributed by atoms with Crippen LogP contribution in [0.2, 0.25) is 0 Å². The van der Waals surface area contributed by atoms with Gasteiger partial charge in [-0.3, -0.25) is 9.88 Å². The first-order valence-corrected chi connectivity index (χ1v) is 8.75. The molecule has 3 aromatic rings. The fraction of sp³-hybridized carbons (Fsp3) is 0.200. The van der Waals surface area contributed by atoms with Crippen LogP contribution in [-0.4, -0.2) is 32.9 Å². The number of hydrogen-bond donors (Lipinski definition) is 1. The van der Waals surface area contributed by atoms with Crippen LogP contribution in [0.15, 0.2) is 61.2 Å². The molecule has 2 aromatic heterocycles. The van der Waals surface area contributed by atoms with Gasteiger partial charge in [0, 0.05) is 37.2 Å². The van der Waals surface area contributed by atoms with E-state index in [1.165, 1.54) is 0 Å². The maximum atomic E-state index is 12.9. The zero-order valence-electron chi connectivity index (χ0n) is 15.0. The number of benzene rings is 1. The summed E-state index contributed by atoms with van der Waals surface area (Å²) in [6, 6.07) is 13.5. The number of nitrogens with one attached hydrogen (secondary N) is 1. The number of carbonyl (C=O) groups is 1. The van der Waals surface area contributed by atoms with Crippen molar-refractivity contribution in [2.24, 2.45) is 0 Å². The van der Waals surface area contributed by atoms with E-state index in [1.54, 1.807) is 29.4 Å². The molecule has 7 heteroatoms. The molecule has 4 rings (SSSR count). The molecule has 0 fully saturated rings. The second-order valence-corrected chi connectivity index (χ2v) is 6.42. The van der Waals surface area contributed by atoms with Crippen molar-refractivity contribution in [2.45, 2.75) is 19.6 Å². The van der Waals surface area contributed by atoms with Gasteiger partial charge in [-0.2, -0.15) is 0 Å². The van der Waals surface area contributed by atoms with Crippen LogP contribution in [-0.2, 0) is 19.6 Å². The molecule has 3 heterocycles. The van der Waals surface area contributed by atoms with Crippen molar-refractivity contribution in [1.82, 2.24) is 19.9 Å². The highest BCUT2D eigenvalue weighted by Gasteiger charge is 2.28. The Labute approximate surface area is 157 Å². The molecule has 1 N–H and O–H groups in total. The van der Waals surface area contributed by atoms with Crippen molar-refractivity contribution in [1.29, 1.82) is 0 Å². The summed E-state index contributed by atoms with van der Waals surface area (Å²) >= 11 is 0. The van der Waals surface area contributed by atoms with Gasteiger partial charge < -0.3 is 10.2 Å². The van der Waals surface area contributed by atoms with Gasteiger partial charge in [-0.15, -0.1) is 0 Å². The maximum Gasteiger partial charge on any atom is 0.324 e. The van der Waals surface area contributed by atoms with Gasteiger partial charge in [-0.25, -0.2) is 14.8 Å². The van der Waals surface area contributed by atoms with Gasteiger partial charge in [0.25, 0.3) is 0 Å². The number of pyridine rings is 1. The highest BCUT2D eigenvalue weighted by Crippen LogP contribution is 2.27. The minimum atomic E-state index is -0.0580. The fourth-order valence-electron chi connectivity index (χ4n) is 3.13. The Hall–Kier alpha value is -3.48. The summed E-state index contributed by atoms with van der Waals surface area (Å²) < 4.78 is 0. The second kappa shape index (κ2) is 7.41. The average molecular weight is 360 g/mol. The lowest BCUT2D eigenvalue weighted by molar-refractivity contribution is 0.214. The Kier molecular flexibility index (Phi) is 4.65. The van der Waals surface area contributed by atoms with Gasteiger partial charge in [-0.05, 0) is 23.8 Å². The van der Waals surface area contributed by atoms with Crippen molar-refractivity contribution < 1.29 is 4.79 Å². The first-order valence-electron chi connectivity index (χ1n) is 8.75. The largest absolute Gasteiger partial charge is 0.366 e. The van der Waals surface area contributed by atoms with Crippen molar-refractivity contribution in [3.63, 3.8) is 0 Å². The van der Waals surface area contributed by atoms with Crippen LogP contribution in [0.5, 0.6) is 0 Å². The number of nitrogens with zero attached hydrogens (tertiary/aromatic N) is 5. The van der Waals surface area contributed by atoms with Crippen LogP contribution >= 0.6 is 0 Å². The first kappa shape index (κ1) is 17.0. The minimum absolute atomic E-state index is 0.0580. The average Bonchev–Trinajstić information content (AvgIpc) is 2.84. The number of anilines is 2. The molecule has 0 atom stereocenters. The number of para-hydroxylation sites is 1. The molecule has 0 saturated carbocycles. The predicted molar refractivity (Wildman–Crippen MR) is 103 cm³/mol. The van der Waals surface area contributed by atoms with Crippen LogP contribution < -0.4 is 10.2 Å². The van der Waals surface area contributed by atoms with Gasteiger partial charge in [0.15, 0.2) is 0 Å². The van der Waals surface area contributed by atoms with E-state index in [4.69, 9.17) is 0 Å². The van der Waals surface area contributed by atoms with Crippen LogP contribution in [0.3, 0.4) is 0 Å². The lowest BCUT2D eigenvalue weighted by Crippen LogP contribution is -2.38. The van der Waals surface area contributed by atoms with Crippen LogP contribution in [0.25, 0.3) is 0 Å². The molecule has 0 bridgehead atoms. The molecule has 0 radical (unpaired) electrons. The van der Waals surface area contributed by atoms with E-state index in [0.717, 1.165) is 28.3 Å². The Morgan fingerprint density at radius 1 is 1.07 bits per heavy atom. The molecule has 1 aromatic carbocycles. The van der Waals surface area contributed by atoms with E-state index in [-0.39, 0.29) is 6.03 Å². The van der Waals surface area contributed by atoms with E-state index in [0.29, 0.717) is 19.6 Å². The van der Waals surface area contributed by atoms with Crippen LogP contribution in [0, 0.1) is 0 Å². The van der Waals surface area contributed by atoms with E-state index in [1.807, 2.05) is 48.7 Å². The van der Waals surface area contributed by atoms with Crippen molar-refractivity contribution in [3.05, 3.63) is 78.0 Å². The Balaban J connectivity index is 1.66. The monoisotopic (exact) mass is 360 g/mol. The molecule has 0 spiro atoms. The summed E-state index contributed by atoms with van der Waals surface area (Å²) in [5, 5.41) is 3.37. The Morgan fingerprint density at radius 3 is 2.70 bits per heavy atom. The number of carbonyl (C=O) groups excluding carboxylic acids is 1. The molecule has 7 nitrogen and oxygen atoms in total. The predicted octanol–water partition coefficient (Wildman–Crippen LogP) is 3.06. The third kappa shape index (κ3) is 3.57. The number of aromatic nitrogens is 3. The molecule has 0 aliphatic carbocycles. The second-order valence-electron chi connectivity index (χ2n) is 6.42. The van der Waals surface area contributed by atoms with Crippen molar-refractivity contribution >= 4 is 17.5 Å². The number of hydrogen-bond acceptors (Lipinski definition) is 5. The maximum absolute atomic E-state index is 12.9. The van der Waals surface area contributed by atoms with Gasteiger partial charge >= 0.3 is 6.03 Å². The Morgan fingerprint density at radius 2 is 1.93 bits per heavy atom. The highest BCUT2D eigenvalue weighted by molar-refractivity contribution is 5.92.